The molecule has 1 atom stereocenters. The third-order valence-electron chi connectivity index (χ3n) is 6.67. The molecule has 0 saturated carbocycles. The molecular weight excluding hydrogens is 465 g/mol. The second kappa shape index (κ2) is 9.81. The number of nitrogens with zero attached hydrogens (tertiary/aromatic N) is 2. The molecule has 33 heavy (non-hydrogen) atoms. The van der Waals surface area contributed by atoms with E-state index in [0.29, 0.717) is 45.3 Å². The van der Waals surface area contributed by atoms with Crippen LogP contribution in [0.5, 0.6) is 0 Å². The second-order valence-electron chi connectivity index (χ2n) is 8.61. The van der Waals surface area contributed by atoms with Crippen molar-refractivity contribution in [2.45, 2.75) is 44.6 Å². The van der Waals surface area contributed by atoms with Gasteiger partial charge in [0.15, 0.2) is 5.82 Å². The maximum Gasteiger partial charge on any atom is 0.325 e. The summed E-state index contributed by atoms with van der Waals surface area (Å²) >= 11 is 7.44. The maximum absolute atomic E-state index is 14.3. The van der Waals surface area contributed by atoms with Crippen molar-refractivity contribution in [2.75, 3.05) is 19.6 Å². The lowest BCUT2D eigenvalue weighted by Gasteiger charge is -2.41. The molecule has 3 heterocycles. The molecule has 0 radical (unpaired) electrons. The van der Waals surface area contributed by atoms with Crippen molar-refractivity contribution in [3.63, 3.8) is 0 Å². The van der Waals surface area contributed by atoms with Crippen LogP contribution in [0.15, 0.2) is 35.7 Å². The Labute approximate surface area is 201 Å². The molecule has 0 bridgehead atoms. The molecule has 0 unspecified atom stereocenters. The predicted octanol–water partition coefficient (Wildman–Crippen LogP) is 4.73. The summed E-state index contributed by atoms with van der Waals surface area (Å²) in [6.07, 6.45) is 3.04. The molecule has 9 heteroatoms. The summed E-state index contributed by atoms with van der Waals surface area (Å²) in [6.45, 7) is 3.12. The summed E-state index contributed by atoms with van der Waals surface area (Å²) < 4.78 is 14.3. The number of urea groups is 1. The van der Waals surface area contributed by atoms with Crippen molar-refractivity contribution in [1.82, 2.24) is 15.1 Å². The molecule has 2 fully saturated rings. The molecule has 1 N–H and O–H groups in total. The predicted molar refractivity (Wildman–Crippen MR) is 126 cm³/mol. The van der Waals surface area contributed by atoms with Crippen molar-refractivity contribution in [3.8, 4) is 0 Å². The molecular formula is C24H27ClFN3O3S. The van der Waals surface area contributed by atoms with Crippen LogP contribution >= 0.6 is 22.9 Å². The van der Waals surface area contributed by atoms with Crippen LogP contribution in [0.3, 0.4) is 0 Å². The first-order chi connectivity index (χ1) is 15.9. The molecule has 6 nitrogen and oxygen atoms in total. The topological polar surface area (TPSA) is 69.7 Å². The fraction of sp³-hybridized carbons (Fsp3) is 0.458. The van der Waals surface area contributed by atoms with Gasteiger partial charge in [-0.25, -0.2) is 9.18 Å². The fourth-order valence-electron chi connectivity index (χ4n) is 4.98. The van der Waals surface area contributed by atoms with Crippen LogP contribution in [0.25, 0.3) is 0 Å². The fourth-order valence-corrected chi connectivity index (χ4v) is 5.86. The standard InChI is InChI=1S/C24H27ClFN3O3S/c1-2-11-24(22(31)29(23(32)27-24)14-10-17-5-4-15-33-17)16-8-12-28(13-9-16)21(30)18-6-3-7-19(25)20(18)26/h3-7,15-16H,2,8-14H2,1H3,(H,27,32)/t24-/m0/s1. The van der Waals surface area contributed by atoms with Crippen LogP contribution < -0.4 is 5.32 Å². The molecule has 2 aliphatic heterocycles. The highest BCUT2D eigenvalue weighted by Gasteiger charge is 2.55. The zero-order valence-electron chi connectivity index (χ0n) is 18.5. The molecule has 0 spiro atoms. The minimum atomic E-state index is -0.947. The van der Waals surface area contributed by atoms with E-state index in [-0.39, 0.29) is 28.4 Å². The Bertz CT molecular complexity index is 1040. The van der Waals surface area contributed by atoms with Gasteiger partial charge in [-0.15, -0.1) is 11.3 Å². The lowest BCUT2D eigenvalue weighted by atomic mass is 9.74. The van der Waals surface area contributed by atoms with Gasteiger partial charge in [-0.2, -0.15) is 0 Å². The zero-order valence-corrected chi connectivity index (χ0v) is 20.1. The molecule has 2 saturated heterocycles. The van der Waals surface area contributed by atoms with Gasteiger partial charge in [-0.05, 0) is 55.2 Å². The van der Waals surface area contributed by atoms with E-state index >= 15 is 0 Å². The monoisotopic (exact) mass is 491 g/mol. The summed E-state index contributed by atoms with van der Waals surface area (Å²) in [5, 5.41) is 4.92. The van der Waals surface area contributed by atoms with Crippen molar-refractivity contribution >= 4 is 40.8 Å². The smallest absolute Gasteiger partial charge is 0.325 e. The first kappa shape index (κ1) is 23.7. The van der Waals surface area contributed by atoms with Gasteiger partial charge in [0, 0.05) is 24.5 Å². The summed E-state index contributed by atoms with van der Waals surface area (Å²) in [5.41, 5.74) is -0.994. The Morgan fingerprint density at radius 1 is 1.24 bits per heavy atom. The summed E-state index contributed by atoms with van der Waals surface area (Å²) in [6, 6.07) is 8.01. The first-order valence-electron chi connectivity index (χ1n) is 11.3. The maximum atomic E-state index is 14.3. The minimum Gasteiger partial charge on any atom is -0.339 e. The van der Waals surface area contributed by atoms with E-state index in [1.807, 2.05) is 24.4 Å². The van der Waals surface area contributed by atoms with Gasteiger partial charge < -0.3 is 10.2 Å². The van der Waals surface area contributed by atoms with E-state index < -0.39 is 17.3 Å². The Kier molecular flexibility index (Phi) is 7.05. The Hall–Kier alpha value is -2.45. The molecule has 4 rings (SSSR count). The van der Waals surface area contributed by atoms with E-state index in [9.17, 15) is 18.8 Å². The highest BCUT2D eigenvalue weighted by molar-refractivity contribution is 7.09. The summed E-state index contributed by atoms with van der Waals surface area (Å²) in [7, 11) is 0. The number of carbonyl (C=O) groups is 3. The number of imide groups is 1. The molecule has 176 valence electrons. The number of hydrogen-bond donors (Lipinski definition) is 1. The second-order valence-corrected chi connectivity index (χ2v) is 10.0. The summed E-state index contributed by atoms with van der Waals surface area (Å²) in [5.74, 6) is -1.38. The Balaban J connectivity index is 1.45. The van der Waals surface area contributed by atoms with Gasteiger partial charge in [-0.3, -0.25) is 14.5 Å². The minimum absolute atomic E-state index is 0.0470. The van der Waals surface area contributed by atoms with Crippen LogP contribution in [0.2, 0.25) is 5.02 Å². The lowest BCUT2D eigenvalue weighted by molar-refractivity contribution is -0.134. The largest absolute Gasteiger partial charge is 0.339 e. The highest BCUT2D eigenvalue weighted by Crippen LogP contribution is 2.37. The number of halogens is 2. The number of piperidine rings is 1. The van der Waals surface area contributed by atoms with E-state index in [4.69, 9.17) is 11.6 Å². The normalized spacial score (nSPS) is 21.5. The average molecular weight is 492 g/mol. The summed E-state index contributed by atoms with van der Waals surface area (Å²) in [4.78, 5) is 43.2. The average Bonchev–Trinajstić information content (AvgIpc) is 3.41. The number of rotatable bonds is 7. The molecule has 1 aromatic heterocycles. The van der Waals surface area contributed by atoms with Crippen molar-refractivity contribution in [3.05, 3.63) is 57.0 Å². The highest BCUT2D eigenvalue weighted by atomic mass is 35.5. The number of hydrogen-bond acceptors (Lipinski definition) is 4. The van der Waals surface area contributed by atoms with Crippen molar-refractivity contribution in [1.29, 1.82) is 0 Å². The number of carbonyl (C=O) groups excluding carboxylic acids is 3. The molecule has 2 aromatic rings. The zero-order chi connectivity index (χ0) is 23.6. The van der Waals surface area contributed by atoms with Crippen LogP contribution in [0.4, 0.5) is 9.18 Å². The number of amides is 4. The molecule has 2 aliphatic rings. The molecule has 1 aromatic carbocycles. The quantitative estimate of drug-likeness (QED) is 0.569. The van der Waals surface area contributed by atoms with Gasteiger partial charge in [0.25, 0.3) is 11.8 Å². The number of benzene rings is 1. The molecule has 0 aliphatic carbocycles. The van der Waals surface area contributed by atoms with E-state index in [2.05, 4.69) is 5.32 Å². The van der Waals surface area contributed by atoms with Gasteiger partial charge in [0.2, 0.25) is 0 Å². The number of likely N-dealkylation sites (tertiary alicyclic amines) is 1. The van der Waals surface area contributed by atoms with Gasteiger partial charge in [0.05, 0.1) is 10.6 Å². The lowest BCUT2D eigenvalue weighted by Crippen LogP contribution is -2.56. The van der Waals surface area contributed by atoms with Gasteiger partial charge >= 0.3 is 6.03 Å². The first-order valence-corrected chi connectivity index (χ1v) is 12.5. The van der Waals surface area contributed by atoms with Gasteiger partial charge in [0.1, 0.15) is 5.54 Å². The van der Waals surface area contributed by atoms with Crippen molar-refractivity contribution < 1.29 is 18.8 Å². The molecule has 4 amide bonds. The Morgan fingerprint density at radius 3 is 2.67 bits per heavy atom. The van der Waals surface area contributed by atoms with E-state index in [1.165, 1.54) is 17.0 Å². The van der Waals surface area contributed by atoms with Gasteiger partial charge in [-0.1, -0.05) is 37.1 Å². The number of nitrogens with one attached hydrogen (secondary N) is 1. The van der Waals surface area contributed by atoms with E-state index in [1.54, 1.807) is 22.3 Å². The van der Waals surface area contributed by atoms with Crippen molar-refractivity contribution in [2.24, 2.45) is 5.92 Å². The third kappa shape index (κ3) is 4.51. The van der Waals surface area contributed by atoms with E-state index in [0.717, 1.165) is 11.3 Å². The van der Waals surface area contributed by atoms with Crippen LogP contribution in [0.1, 0.15) is 47.8 Å². The third-order valence-corrected chi connectivity index (χ3v) is 7.90. The SMILES string of the molecule is CCC[C@@]1(C2CCN(C(=O)c3cccc(Cl)c3F)CC2)NC(=O)N(CCc2cccs2)C1=O. The van der Waals surface area contributed by atoms with Crippen LogP contribution in [-0.2, 0) is 11.2 Å². The van der Waals surface area contributed by atoms with Crippen LogP contribution in [0, 0.1) is 11.7 Å². The van der Waals surface area contributed by atoms with Crippen LogP contribution in [-0.4, -0.2) is 52.8 Å². The Morgan fingerprint density at radius 2 is 2.00 bits per heavy atom. The number of thiophene rings is 1.